The van der Waals surface area contributed by atoms with Crippen molar-refractivity contribution in [2.24, 2.45) is 0 Å². The van der Waals surface area contributed by atoms with Gasteiger partial charge in [0, 0.05) is 17.4 Å². The van der Waals surface area contributed by atoms with Crippen LogP contribution in [0.4, 0.5) is 0 Å². The molecule has 0 atom stereocenters. The number of aromatic nitrogens is 3. The zero-order valence-electron chi connectivity index (χ0n) is 11.3. The second-order valence-electron chi connectivity index (χ2n) is 4.32. The third-order valence-corrected chi connectivity index (χ3v) is 5.70. The first kappa shape index (κ1) is 15.1. The summed E-state index contributed by atoms with van der Waals surface area (Å²) in [6, 6.07) is 10.0. The molecule has 0 aliphatic rings. The minimum Gasteiger partial charge on any atom is -0.481 e. The maximum absolute atomic E-state index is 10.6. The summed E-state index contributed by atoms with van der Waals surface area (Å²) in [5.74, 6) is -0.822. The lowest BCUT2D eigenvalue weighted by molar-refractivity contribution is -0.136. The highest BCUT2D eigenvalue weighted by Gasteiger charge is 2.11. The summed E-state index contributed by atoms with van der Waals surface area (Å²) < 4.78 is 1.69. The molecule has 8 heteroatoms. The number of hydrogen-bond acceptors (Lipinski definition) is 7. The highest BCUT2D eigenvalue weighted by molar-refractivity contribution is 8.02. The predicted octanol–water partition coefficient (Wildman–Crippen LogP) is 3.83. The van der Waals surface area contributed by atoms with Gasteiger partial charge in [-0.05, 0) is 11.8 Å². The van der Waals surface area contributed by atoms with E-state index in [1.807, 2.05) is 35.7 Å². The number of rotatable bonds is 6. The molecule has 3 aromatic rings. The molecule has 0 aliphatic carbocycles. The topological polar surface area (TPSA) is 76.0 Å². The third kappa shape index (κ3) is 3.90. The number of carboxylic acids is 1. The lowest BCUT2D eigenvalue weighted by Gasteiger charge is -1.94. The van der Waals surface area contributed by atoms with Crippen molar-refractivity contribution in [3.63, 3.8) is 0 Å². The molecule has 0 aliphatic heterocycles. The molecular formula is C14H11N3O2S3. The van der Waals surface area contributed by atoms with Crippen molar-refractivity contribution in [3.8, 4) is 11.3 Å². The van der Waals surface area contributed by atoms with Crippen molar-refractivity contribution < 1.29 is 9.90 Å². The van der Waals surface area contributed by atoms with E-state index in [1.54, 1.807) is 11.3 Å². The van der Waals surface area contributed by atoms with Gasteiger partial charge in [-0.2, -0.15) is 0 Å². The van der Waals surface area contributed by atoms with Crippen LogP contribution >= 0.6 is 34.4 Å². The van der Waals surface area contributed by atoms with E-state index in [1.165, 1.54) is 23.1 Å². The molecule has 0 saturated heterocycles. The van der Waals surface area contributed by atoms with Crippen molar-refractivity contribution in [3.05, 3.63) is 40.7 Å². The fourth-order valence-corrected chi connectivity index (χ4v) is 4.63. The fraction of sp³-hybridized carbons (Fsp3) is 0.143. The quantitative estimate of drug-likeness (QED) is 0.729. The van der Waals surface area contributed by atoms with Gasteiger partial charge in [-0.1, -0.05) is 41.7 Å². The summed E-state index contributed by atoms with van der Waals surface area (Å²) in [6.07, 6.45) is 0.495. The standard InChI is InChI=1S/C14H11N3O2S3/c18-12(19)7-6-11-16-17-14(21-11)22-13-15-10(8-20-13)9-4-2-1-3-5-9/h1-5,8H,6-7H2,(H,18,19). The van der Waals surface area contributed by atoms with Crippen LogP contribution in [0.2, 0.25) is 0 Å². The van der Waals surface area contributed by atoms with Crippen LogP contribution in [0.15, 0.2) is 44.4 Å². The van der Waals surface area contributed by atoms with E-state index in [2.05, 4.69) is 15.2 Å². The van der Waals surface area contributed by atoms with Gasteiger partial charge < -0.3 is 5.11 Å². The maximum Gasteiger partial charge on any atom is 0.303 e. The number of aryl methyl sites for hydroxylation is 1. The second kappa shape index (κ2) is 6.99. The predicted molar refractivity (Wildman–Crippen MR) is 87.5 cm³/mol. The zero-order valence-corrected chi connectivity index (χ0v) is 13.7. The van der Waals surface area contributed by atoms with Crippen LogP contribution in [0.1, 0.15) is 11.4 Å². The van der Waals surface area contributed by atoms with Gasteiger partial charge in [-0.15, -0.1) is 21.5 Å². The molecule has 1 N–H and O–H groups in total. The summed E-state index contributed by atoms with van der Waals surface area (Å²) in [7, 11) is 0. The average Bonchev–Trinajstić information content (AvgIpc) is 3.16. The SMILES string of the molecule is O=C(O)CCc1nnc(Sc2nc(-c3ccccc3)cs2)s1. The molecule has 5 nitrogen and oxygen atoms in total. The Morgan fingerprint density at radius 3 is 2.77 bits per heavy atom. The normalized spacial score (nSPS) is 10.7. The Labute approximate surface area is 139 Å². The van der Waals surface area contributed by atoms with Crippen LogP contribution < -0.4 is 0 Å². The van der Waals surface area contributed by atoms with Gasteiger partial charge in [0.25, 0.3) is 0 Å². The van der Waals surface area contributed by atoms with E-state index < -0.39 is 5.97 Å². The Hall–Kier alpha value is -1.77. The maximum atomic E-state index is 10.6. The van der Waals surface area contributed by atoms with Crippen LogP contribution in [-0.4, -0.2) is 26.3 Å². The van der Waals surface area contributed by atoms with Crippen LogP contribution in [-0.2, 0) is 11.2 Å². The van der Waals surface area contributed by atoms with E-state index >= 15 is 0 Å². The van der Waals surface area contributed by atoms with Crippen LogP contribution in [0.3, 0.4) is 0 Å². The molecule has 0 fully saturated rings. The van der Waals surface area contributed by atoms with Gasteiger partial charge in [0.1, 0.15) is 5.01 Å². The van der Waals surface area contributed by atoms with E-state index in [0.717, 1.165) is 24.9 Å². The van der Waals surface area contributed by atoms with Crippen molar-refractivity contribution in [2.45, 2.75) is 21.5 Å². The summed E-state index contributed by atoms with van der Waals surface area (Å²) >= 11 is 4.45. The fourth-order valence-electron chi connectivity index (χ4n) is 1.71. The molecule has 112 valence electrons. The lowest BCUT2D eigenvalue weighted by Crippen LogP contribution is -1.96. The molecule has 2 heterocycles. The molecule has 3 rings (SSSR count). The van der Waals surface area contributed by atoms with Crippen LogP contribution in [0, 0.1) is 0 Å². The Balaban J connectivity index is 1.67. The molecule has 0 bridgehead atoms. The lowest BCUT2D eigenvalue weighted by atomic mass is 10.2. The van der Waals surface area contributed by atoms with Crippen molar-refractivity contribution in [1.29, 1.82) is 0 Å². The van der Waals surface area contributed by atoms with Crippen molar-refractivity contribution >= 4 is 40.4 Å². The molecule has 22 heavy (non-hydrogen) atoms. The zero-order chi connectivity index (χ0) is 15.4. The molecule has 0 amide bonds. The number of thiazole rings is 1. The molecular weight excluding hydrogens is 338 g/mol. The average molecular weight is 349 g/mol. The van der Waals surface area contributed by atoms with E-state index in [0.29, 0.717) is 6.42 Å². The summed E-state index contributed by atoms with van der Waals surface area (Å²) in [6.45, 7) is 0. The first-order chi connectivity index (χ1) is 10.7. The van der Waals surface area contributed by atoms with Crippen molar-refractivity contribution in [2.75, 3.05) is 0 Å². The smallest absolute Gasteiger partial charge is 0.303 e. The monoisotopic (exact) mass is 349 g/mol. The first-order valence-electron chi connectivity index (χ1n) is 6.43. The summed E-state index contributed by atoms with van der Waals surface area (Å²) in [5.41, 5.74) is 2.04. The molecule has 1 aromatic carbocycles. The number of benzene rings is 1. The molecule has 0 radical (unpaired) electrons. The van der Waals surface area contributed by atoms with Gasteiger partial charge in [0.15, 0.2) is 8.68 Å². The minimum absolute atomic E-state index is 0.0781. The Bertz CT molecular complexity index is 771. The Morgan fingerprint density at radius 2 is 2.00 bits per heavy atom. The largest absolute Gasteiger partial charge is 0.481 e. The third-order valence-electron chi connectivity index (χ3n) is 2.73. The molecule has 0 spiro atoms. The Kier molecular flexibility index (Phi) is 4.81. The number of hydrogen-bond donors (Lipinski definition) is 1. The second-order valence-corrected chi connectivity index (χ2v) is 7.74. The van der Waals surface area contributed by atoms with Gasteiger partial charge >= 0.3 is 5.97 Å². The number of aliphatic carboxylic acids is 1. The van der Waals surface area contributed by atoms with E-state index in [9.17, 15) is 4.79 Å². The number of nitrogens with zero attached hydrogens (tertiary/aromatic N) is 3. The Morgan fingerprint density at radius 1 is 1.18 bits per heavy atom. The van der Waals surface area contributed by atoms with Crippen LogP contribution in [0.25, 0.3) is 11.3 Å². The van der Waals surface area contributed by atoms with Gasteiger partial charge in [0.2, 0.25) is 0 Å². The van der Waals surface area contributed by atoms with Gasteiger partial charge in [0.05, 0.1) is 12.1 Å². The van der Waals surface area contributed by atoms with Crippen molar-refractivity contribution in [1.82, 2.24) is 15.2 Å². The first-order valence-corrected chi connectivity index (χ1v) is 8.95. The summed E-state index contributed by atoms with van der Waals surface area (Å²) in [4.78, 5) is 15.1. The van der Waals surface area contributed by atoms with Crippen LogP contribution in [0.5, 0.6) is 0 Å². The highest BCUT2D eigenvalue weighted by Crippen LogP contribution is 2.34. The molecule has 2 aromatic heterocycles. The number of carbonyl (C=O) groups is 1. The van der Waals surface area contributed by atoms with Gasteiger partial charge in [-0.3, -0.25) is 4.79 Å². The minimum atomic E-state index is -0.822. The van der Waals surface area contributed by atoms with E-state index in [-0.39, 0.29) is 6.42 Å². The molecule has 0 saturated carbocycles. The highest BCUT2D eigenvalue weighted by atomic mass is 32.2. The molecule has 0 unspecified atom stereocenters. The van der Waals surface area contributed by atoms with E-state index in [4.69, 9.17) is 5.11 Å². The number of carboxylic acid groups (broad SMARTS) is 1. The van der Waals surface area contributed by atoms with Gasteiger partial charge in [-0.25, -0.2) is 4.98 Å². The summed E-state index contributed by atoms with van der Waals surface area (Å²) in [5, 5.41) is 19.5.